The van der Waals surface area contributed by atoms with Crippen LogP contribution in [0.4, 0.5) is 0 Å². The Kier molecular flexibility index (Phi) is 7.57. The minimum absolute atomic E-state index is 0. The smallest absolute Gasteiger partial charge is 0.226 e. The van der Waals surface area contributed by atoms with Crippen molar-refractivity contribution in [2.75, 3.05) is 13.1 Å². The Bertz CT molecular complexity index is 502. The molecule has 1 aromatic rings. The zero-order chi connectivity index (χ0) is 16.1. The molecule has 2 fully saturated rings. The Morgan fingerprint density at radius 2 is 1.75 bits per heavy atom. The van der Waals surface area contributed by atoms with Crippen LogP contribution in [-0.4, -0.2) is 29.9 Å². The van der Waals surface area contributed by atoms with E-state index in [-0.39, 0.29) is 18.3 Å². The molecular formula is C20H31ClN2O. The van der Waals surface area contributed by atoms with Gasteiger partial charge < -0.3 is 10.6 Å². The van der Waals surface area contributed by atoms with Crippen molar-refractivity contribution in [1.82, 2.24) is 4.90 Å². The molecule has 4 heteroatoms. The molecule has 0 bridgehead atoms. The van der Waals surface area contributed by atoms with Gasteiger partial charge in [-0.25, -0.2) is 0 Å². The van der Waals surface area contributed by atoms with Gasteiger partial charge in [-0.3, -0.25) is 4.79 Å². The maximum atomic E-state index is 13.2. The second-order valence-electron chi connectivity index (χ2n) is 7.24. The van der Waals surface area contributed by atoms with Crippen LogP contribution in [-0.2, 0) is 11.2 Å². The SMILES string of the molecule is Cl.NC[C@H]1CCC[C@H]1C(=O)N(CCc1ccccc1)C1CCCC1. The molecule has 2 aliphatic rings. The first-order chi connectivity index (χ1) is 11.3. The summed E-state index contributed by atoms with van der Waals surface area (Å²) in [5, 5.41) is 0. The molecule has 3 nitrogen and oxygen atoms in total. The fraction of sp³-hybridized carbons (Fsp3) is 0.650. The second kappa shape index (κ2) is 9.43. The van der Waals surface area contributed by atoms with Gasteiger partial charge in [-0.2, -0.15) is 0 Å². The van der Waals surface area contributed by atoms with Gasteiger partial charge in [0.2, 0.25) is 5.91 Å². The third-order valence-corrected chi connectivity index (χ3v) is 5.81. The van der Waals surface area contributed by atoms with Crippen molar-refractivity contribution in [2.45, 2.75) is 57.4 Å². The molecule has 1 aromatic carbocycles. The number of hydrogen-bond acceptors (Lipinski definition) is 2. The number of carbonyl (C=O) groups is 1. The van der Waals surface area contributed by atoms with Crippen LogP contribution in [0.25, 0.3) is 0 Å². The number of halogens is 1. The summed E-state index contributed by atoms with van der Waals surface area (Å²) in [6, 6.07) is 11.0. The topological polar surface area (TPSA) is 46.3 Å². The van der Waals surface area contributed by atoms with Gasteiger partial charge >= 0.3 is 0 Å². The molecule has 0 spiro atoms. The van der Waals surface area contributed by atoms with E-state index in [4.69, 9.17) is 5.73 Å². The number of carbonyl (C=O) groups excluding carboxylic acids is 1. The molecule has 2 aliphatic carbocycles. The normalized spacial score (nSPS) is 23.9. The molecule has 0 heterocycles. The standard InChI is InChI=1S/C20H30N2O.ClH/c21-15-17-9-6-12-19(17)20(23)22(18-10-4-5-11-18)14-13-16-7-2-1-3-8-16;/h1-3,7-8,17-19H,4-6,9-15,21H2;1H/t17-,19-;/m1./s1. The monoisotopic (exact) mass is 350 g/mol. The Morgan fingerprint density at radius 3 is 2.42 bits per heavy atom. The highest BCUT2D eigenvalue weighted by atomic mass is 35.5. The van der Waals surface area contributed by atoms with E-state index in [0.29, 0.717) is 24.4 Å². The molecule has 0 saturated heterocycles. The van der Waals surface area contributed by atoms with Crippen molar-refractivity contribution in [1.29, 1.82) is 0 Å². The van der Waals surface area contributed by atoms with Gasteiger partial charge in [0.1, 0.15) is 0 Å². The molecule has 3 rings (SSSR count). The van der Waals surface area contributed by atoms with E-state index in [1.165, 1.54) is 31.2 Å². The maximum Gasteiger partial charge on any atom is 0.226 e. The predicted octanol–water partition coefficient (Wildman–Crippen LogP) is 3.80. The van der Waals surface area contributed by atoms with Crippen LogP contribution in [0.3, 0.4) is 0 Å². The first-order valence-electron chi connectivity index (χ1n) is 9.34. The fourth-order valence-corrected chi connectivity index (χ4v) is 4.44. The molecule has 2 saturated carbocycles. The van der Waals surface area contributed by atoms with Gasteiger partial charge in [-0.15, -0.1) is 12.4 Å². The minimum atomic E-state index is 0. The zero-order valence-corrected chi connectivity index (χ0v) is 15.3. The third kappa shape index (κ3) is 4.52. The van der Waals surface area contributed by atoms with Crippen molar-refractivity contribution in [3.63, 3.8) is 0 Å². The number of nitrogens with two attached hydrogens (primary N) is 1. The highest BCUT2D eigenvalue weighted by Gasteiger charge is 2.37. The van der Waals surface area contributed by atoms with Gasteiger partial charge in [0, 0.05) is 18.5 Å². The molecule has 2 atom stereocenters. The Labute approximate surface area is 152 Å². The van der Waals surface area contributed by atoms with Gasteiger partial charge in [0.05, 0.1) is 0 Å². The Hall–Kier alpha value is -1.06. The average molecular weight is 351 g/mol. The van der Waals surface area contributed by atoms with Gasteiger partial charge in [0.15, 0.2) is 0 Å². The first-order valence-corrected chi connectivity index (χ1v) is 9.34. The van der Waals surface area contributed by atoms with Crippen molar-refractivity contribution in [3.05, 3.63) is 35.9 Å². The molecule has 2 N–H and O–H groups in total. The van der Waals surface area contributed by atoms with Crippen molar-refractivity contribution in [3.8, 4) is 0 Å². The third-order valence-electron chi connectivity index (χ3n) is 5.81. The average Bonchev–Trinajstić information content (AvgIpc) is 3.27. The lowest BCUT2D eigenvalue weighted by atomic mass is 9.93. The van der Waals surface area contributed by atoms with Crippen LogP contribution in [0.2, 0.25) is 0 Å². The van der Waals surface area contributed by atoms with E-state index in [0.717, 1.165) is 32.2 Å². The van der Waals surface area contributed by atoms with Crippen LogP contribution in [0.5, 0.6) is 0 Å². The van der Waals surface area contributed by atoms with Crippen molar-refractivity contribution in [2.24, 2.45) is 17.6 Å². The zero-order valence-electron chi connectivity index (χ0n) is 14.5. The summed E-state index contributed by atoms with van der Waals surface area (Å²) in [5.74, 6) is 0.972. The lowest BCUT2D eigenvalue weighted by Gasteiger charge is -2.33. The molecular weight excluding hydrogens is 320 g/mol. The second-order valence-corrected chi connectivity index (χ2v) is 7.24. The van der Waals surface area contributed by atoms with Crippen LogP contribution in [0, 0.1) is 11.8 Å². The van der Waals surface area contributed by atoms with E-state index in [1.54, 1.807) is 0 Å². The summed E-state index contributed by atoms with van der Waals surface area (Å²) in [4.78, 5) is 15.4. The minimum Gasteiger partial charge on any atom is -0.339 e. The summed E-state index contributed by atoms with van der Waals surface area (Å²) < 4.78 is 0. The molecule has 0 radical (unpaired) electrons. The number of rotatable bonds is 6. The predicted molar refractivity (Wildman–Crippen MR) is 101 cm³/mol. The highest BCUT2D eigenvalue weighted by Crippen LogP contribution is 2.34. The largest absolute Gasteiger partial charge is 0.339 e. The van der Waals surface area contributed by atoms with Crippen LogP contribution in [0.1, 0.15) is 50.5 Å². The highest BCUT2D eigenvalue weighted by molar-refractivity contribution is 5.85. The van der Waals surface area contributed by atoms with Crippen LogP contribution >= 0.6 is 12.4 Å². The fourth-order valence-electron chi connectivity index (χ4n) is 4.44. The van der Waals surface area contributed by atoms with Gasteiger partial charge in [-0.1, -0.05) is 49.6 Å². The van der Waals surface area contributed by atoms with Crippen LogP contribution < -0.4 is 5.73 Å². The van der Waals surface area contributed by atoms with Crippen molar-refractivity contribution >= 4 is 18.3 Å². The number of nitrogens with zero attached hydrogens (tertiary/aromatic N) is 1. The Balaban J connectivity index is 0.00000208. The molecule has 0 aromatic heterocycles. The molecule has 1 amide bonds. The Morgan fingerprint density at radius 1 is 1.04 bits per heavy atom. The summed E-state index contributed by atoms with van der Waals surface area (Å²) in [6.45, 7) is 1.52. The van der Waals surface area contributed by atoms with E-state index >= 15 is 0 Å². The molecule has 134 valence electrons. The van der Waals surface area contributed by atoms with Gasteiger partial charge in [-0.05, 0) is 50.1 Å². The van der Waals surface area contributed by atoms with Gasteiger partial charge in [0.25, 0.3) is 0 Å². The lowest BCUT2D eigenvalue weighted by molar-refractivity contribution is -0.138. The number of hydrogen-bond donors (Lipinski definition) is 1. The summed E-state index contributed by atoms with van der Waals surface area (Å²) >= 11 is 0. The summed E-state index contributed by atoms with van der Waals surface area (Å²) in [7, 11) is 0. The maximum absolute atomic E-state index is 13.2. The van der Waals surface area contributed by atoms with E-state index in [9.17, 15) is 4.79 Å². The molecule has 24 heavy (non-hydrogen) atoms. The number of amides is 1. The molecule has 0 aliphatic heterocycles. The molecule has 0 unspecified atom stereocenters. The first kappa shape index (κ1) is 19.3. The van der Waals surface area contributed by atoms with Crippen molar-refractivity contribution < 1.29 is 4.79 Å². The lowest BCUT2D eigenvalue weighted by Crippen LogP contribution is -2.45. The number of benzene rings is 1. The van der Waals surface area contributed by atoms with Crippen LogP contribution in [0.15, 0.2) is 30.3 Å². The summed E-state index contributed by atoms with van der Waals surface area (Å²) in [6.07, 6.45) is 9.19. The van der Waals surface area contributed by atoms with E-state index < -0.39 is 0 Å². The summed E-state index contributed by atoms with van der Waals surface area (Å²) in [5.41, 5.74) is 7.23. The van der Waals surface area contributed by atoms with E-state index in [1.807, 2.05) is 6.07 Å². The van der Waals surface area contributed by atoms with E-state index in [2.05, 4.69) is 29.2 Å². The quantitative estimate of drug-likeness (QED) is 0.848.